The molecule has 3 nitrogen and oxygen atoms in total. The van der Waals surface area contributed by atoms with Crippen molar-refractivity contribution in [2.75, 3.05) is 6.54 Å². The maximum Gasteiger partial charge on any atom is 0.249 e. The molecule has 1 heterocycles. The van der Waals surface area contributed by atoms with E-state index in [1.807, 2.05) is 11.4 Å². The van der Waals surface area contributed by atoms with Gasteiger partial charge in [-0.3, -0.25) is 4.79 Å². The molecule has 1 aliphatic carbocycles. The summed E-state index contributed by atoms with van der Waals surface area (Å²) in [5, 5.41) is 5.32. The van der Waals surface area contributed by atoms with Crippen LogP contribution in [0.1, 0.15) is 41.9 Å². The Kier molecular flexibility index (Phi) is 3.54. The first-order valence-corrected chi connectivity index (χ1v) is 6.99. The van der Waals surface area contributed by atoms with E-state index in [2.05, 4.69) is 19.2 Å². The molecule has 1 aromatic heterocycles. The molecule has 3 N–H and O–H groups in total. The highest BCUT2D eigenvalue weighted by Crippen LogP contribution is 2.51. The molecule has 94 valence electrons. The van der Waals surface area contributed by atoms with Gasteiger partial charge in [-0.15, -0.1) is 11.3 Å². The van der Waals surface area contributed by atoms with E-state index in [9.17, 15) is 4.79 Å². The van der Waals surface area contributed by atoms with Gasteiger partial charge in [-0.1, -0.05) is 13.8 Å². The van der Waals surface area contributed by atoms with Crippen LogP contribution >= 0.6 is 11.3 Å². The minimum atomic E-state index is -0.339. The molecule has 0 spiro atoms. The van der Waals surface area contributed by atoms with Gasteiger partial charge in [0.25, 0.3) is 0 Å². The van der Waals surface area contributed by atoms with Gasteiger partial charge >= 0.3 is 0 Å². The lowest BCUT2D eigenvalue weighted by atomic mass is 9.92. The van der Waals surface area contributed by atoms with Crippen molar-refractivity contribution >= 4 is 17.2 Å². The minimum absolute atomic E-state index is 0.339. The summed E-state index contributed by atoms with van der Waals surface area (Å²) in [5.41, 5.74) is 6.38. The van der Waals surface area contributed by atoms with E-state index < -0.39 is 0 Å². The normalized spacial score (nSPS) is 17.4. The van der Waals surface area contributed by atoms with Crippen LogP contribution in [0.3, 0.4) is 0 Å². The Morgan fingerprint density at radius 1 is 1.59 bits per heavy atom. The van der Waals surface area contributed by atoms with Crippen molar-refractivity contribution in [2.45, 2.75) is 33.2 Å². The average Bonchev–Trinajstić information content (AvgIpc) is 2.89. The molecule has 0 radical (unpaired) electrons. The smallest absolute Gasteiger partial charge is 0.249 e. The van der Waals surface area contributed by atoms with Crippen LogP contribution in [0.25, 0.3) is 0 Å². The van der Waals surface area contributed by atoms with Crippen LogP contribution in [-0.2, 0) is 6.54 Å². The van der Waals surface area contributed by atoms with Crippen molar-refractivity contribution in [3.05, 3.63) is 21.9 Å². The zero-order valence-electron chi connectivity index (χ0n) is 10.5. The summed E-state index contributed by atoms with van der Waals surface area (Å²) in [6.07, 6.45) is 2.68. The largest absolute Gasteiger partial charge is 0.366 e. The Morgan fingerprint density at radius 3 is 2.76 bits per heavy atom. The Labute approximate surface area is 106 Å². The highest BCUT2D eigenvalue weighted by Gasteiger charge is 2.44. The standard InChI is InChI=1S/C13H20N2OS/c1-9(2)13(3-4-13)8-15-6-11-5-10(7-17-11)12(14)16/h5,7,9,15H,3-4,6,8H2,1-2H3,(H2,14,16). The van der Waals surface area contributed by atoms with Crippen LogP contribution in [0.2, 0.25) is 0 Å². The molecular weight excluding hydrogens is 232 g/mol. The SMILES string of the molecule is CC(C)C1(CNCc2cc(C(N)=O)cs2)CC1. The second kappa shape index (κ2) is 4.78. The molecule has 1 fully saturated rings. The van der Waals surface area contributed by atoms with Gasteiger partial charge < -0.3 is 11.1 Å². The van der Waals surface area contributed by atoms with E-state index in [0.29, 0.717) is 11.0 Å². The average molecular weight is 252 g/mol. The lowest BCUT2D eigenvalue weighted by Crippen LogP contribution is -2.26. The monoisotopic (exact) mass is 252 g/mol. The molecular formula is C13H20N2OS. The van der Waals surface area contributed by atoms with Crippen LogP contribution in [0.4, 0.5) is 0 Å². The second-order valence-corrected chi connectivity index (χ2v) is 6.28. The Hall–Kier alpha value is -0.870. The molecule has 1 aliphatic rings. The third-order valence-corrected chi connectivity index (χ3v) is 4.77. The van der Waals surface area contributed by atoms with Crippen LogP contribution < -0.4 is 11.1 Å². The summed E-state index contributed by atoms with van der Waals surface area (Å²) < 4.78 is 0. The summed E-state index contributed by atoms with van der Waals surface area (Å²) in [6, 6.07) is 1.88. The van der Waals surface area contributed by atoms with E-state index in [4.69, 9.17) is 5.73 Å². The molecule has 1 aromatic rings. The fourth-order valence-electron chi connectivity index (χ4n) is 2.16. The highest BCUT2D eigenvalue weighted by molar-refractivity contribution is 7.10. The maximum absolute atomic E-state index is 11.0. The molecule has 0 saturated heterocycles. The van der Waals surface area contributed by atoms with Crippen LogP contribution in [0.15, 0.2) is 11.4 Å². The van der Waals surface area contributed by atoms with E-state index in [0.717, 1.165) is 19.0 Å². The first kappa shape index (κ1) is 12.6. The van der Waals surface area contributed by atoms with Gasteiger partial charge in [0.05, 0.1) is 5.56 Å². The first-order chi connectivity index (χ1) is 8.03. The molecule has 0 atom stereocenters. The zero-order valence-corrected chi connectivity index (χ0v) is 11.3. The molecule has 0 aromatic carbocycles. The number of carbonyl (C=O) groups is 1. The molecule has 4 heteroatoms. The van der Waals surface area contributed by atoms with Gasteiger partial charge in [0.1, 0.15) is 0 Å². The number of nitrogens with two attached hydrogens (primary N) is 1. The quantitative estimate of drug-likeness (QED) is 0.816. The number of primary amides is 1. The van der Waals surface area contributed by atoms with Crippen molar-refractivity contribution < 1.29 is 4.79 Å². The third kappa shape index (κ3) is 2.87. The third-order valence-electron chi connectivity index (χ3n) is 3.83. The molecule has 0 aliphatic heterocycles. The lowest BCUT2D eigenvalue weighted by molar-refractivity contribution is 0.100. The van der Waals surface area contributed by atoms with Gasteiger partial charge in [-0.2, -0.15) is 0 Å². The highest BCUT2D eigenvalue weighted by atomic mass is 32.1. The Morgan fingerprint density at radius 2 is 2.29 bits per heavy atom. The number of rotatable bonds is 6. The minimum Gasteiger partial charge on any atom is -0.366 e. The maximum atomic E-state index is 11.0. The fourth-order valence-corrected chi connectivity index (χ4v) is 3.00. The summed E-state index contributed by atoms with van der Waals surface area (Å²) in [6.45, 7) is 6.51. The molecule has 0 unspecified atom stereocenters. The number of nitrogens with one attached hydrogen (secondary N) is 1. The zero-order chi connectivity index (χ0) is 12.5. The molecule has 1 amide bonds. The van der Waals surface area contributed by atoms with Crippen molar-refractivity contribution in [1.82, 2.24) is 5.32 Å². The van der Waals surface area contributed by atoms with Crippen LogP contribution in [0, 0.1) is 11.3 Å². The number of carbonyl (C=O) groups excluding carboxylic acids is 1. The van der Waals surface area contributed by atoms with Crippen LogP contribution in [0.5, 0.6) is 0 Å². The first-order valence-electron chi connectivity index (χ1n) is 6.11. The summed E-state index contributed by atoms with van der Waals surface area (Å²) in [5.74, 6) is 0.410. The fraction of sp³-hybridized carbons (Fsp3) is 0.615. The van der Waals surface area contributed by atoms with Gasteiger partial charge in [-0.05, 0) is 30.2 Å². The van der Waals surface area contributed by atoms with Gasteiger partial charge in [-0.25, -0.2) is 0 Å². The van der Waals surface area contributed by atoms with Crippen molar-refractivity contribution in [1.29, 1.82) is 0 Å². The van der Waals surface area contributed by atoms with E-state index in [1.54, 1.807) is 11.3 Å². The van der Waals surface area contributed by atoms with Crippen molar-refractivity contribution in [3.8, 4) is 0 Å². The van der Waals surface area contributed by atoms with E-state index >= 15 is 0 Å². The summed E-state index contributed by atoms with van der Waals surface area (Å²) in [4.78, 5) is 12.1. The van der Waals surface area contributed by atoms with Crippen molar-refractivity contribution in [2.24, 2.45) is 17.1 Å². The van der Waals surface area contributed by atoms with Gasteiger partial charge in [0.2, 0.25) is 5.91 Å². The predicted molar refractivity (Wildman–Crippen MR) is 71.0 cm³/mol. The molecule has 1 saturated carbocycles. The molecule has 2 rings (SSSR count). The van der Waals surface area contributed by atoms with Gasteiger partial charge in [0.15, 0.2) is 0 Å². The van der Waals surface area contributed by atoms with Crippen LogP contribution in [-0.4, -0.2) is 12.5 Å². The predicted octanol–water partition coefficient (Wildman–Crippen LogP) is 2.37. The number of amides is 1. The molecule has 0 bridgehead atoms. The van der Waals surface area contributed by atoms with E-state index in [1.165, 1.54) is 17.7 Å². The topological polar surface area (TPSA) is 55.1 Å². The summed E-state index contributed by atoms with van der Waals surface area (Å²) in [7, 11) is 0. The van der Waals surface area contributed by atoms with Gasteiger partial charge in [0, 0.05) is 23.3 Å². The number of thiophene rings is 1. The Bertz CT molecular complexity index is 407. The molecule has 17 heavy (non-hydrogen) atoms. The lowest BCUT2D eigenvalue weighted by Gasteiger charge is -2.19. The van der Waals surface area contributed by atoms with E-state index in [-0.39, 0.29) is 5.91 Å². The van der Waals surface area contributed by atoms with Crippen molar-refractivity contribution in [3.63, 3.8) is 0 Å². The number of hydrogen-bond acceptors (Lipinski definition) is 3. The second-order valence-electron chi connectivity index (χ2n) is 5.29. The summed E-state index contributed by atoms with van der Waals surface area (Å²) >= 11 is 1.59. The number of hydrogen-bond donors (Lipinski definition) is 2. The Balaban J connectivity index is 1.80.